The Bertz CT molecular complexity index is 418. The van der Waals surface area contributed by atoms with E-state index in [9.17, 15) is 9.90 Å². The molecule has 0 unspecified atom stereocenters. The Morgan fingerprint density at radius 2 is 1.45 bits per heavy atom. The van der Waals surface area contributed by atoms with Crippen molar-refractivity contribution in [3.8, 4) is 5.75 Å². The van der Waals surface area contributed by atoms with Gasteiger partial charge in [-0.15, -0.1) is 0 Å². The van der Waals surface area contributed by atoms with Crippen molar-refractivity contribution in [2.24, 2.45) is 0 Å². The number of thioether (sulfide) groups is 1. The molecule has 0 aliphatic heterocycles. The second kappa shape index (κ2) is 12.6. The fraction of sp³-hybridized carbons (Fsp3) is 0.632. The van der Waals surface area contributed by atoms with Crippen molar-refractivity contribution in [1.82, 2.24) is 0 Å². The van der Waals surface area contributed by atoms with E-state index in [4.69, 9.17) is 0 Å². The summed E-state index contributed by atoms with van der Waals surface area (Å²) in [6.45, 7) is 2.25. The zero-order valence-corrected chi connectivity index (χ0v) is 14.7. The van der Waals surface area contributed by atoms with Gasteiger partial charge in [0, 0.05) is 5.75 Å². The molecule has 124 valence electrons. The molecule has 0 bridgehead atoms. The lowest BCUT2D eigenvalue weighted by atomic mass is 10.1. The summed E-state index contributed by atoms with van der Waals surface area (Å²) >= 11 is 1.32. The first kappa shape index (κ1) is 19.1. The number of phenols is 1. The lowest BCUT2D eigenvalue weighted by molar-refractivity contribution is 0.108. The molecule has 0 aromatic heterocycles. The number of aromatic hydroxyl groups is 1. The highest BCUT2D eigenvalue weighted by Gasteiger charge is 2.10. The predicted octanol–water partition coefficient (Wildman–Crippen LogP) is 6.19. The molecular formula is C19H30O2S. The number of benzene rings is 1. The number of carbonyl (C=O) groups excluding carboxylic acids is 1. The van der Waals surface area contributed by atoms with Gasteiger partial charge in [-0.2, -0.15) is 0 Å². The molecule has 1 rings (SSSR count). The molecule has 0 saturated carbocycles. The molecule has 0 radical (unpaired) electrons. The van der Waals surface area contributed by atoms with Gasteiger partial charge in [0.05, 0.1) is 5.56 Å². The third-order valence-corrected chi connectivity index (χ3v) is 4.83. The Hall–Kier alpha value is -0.960. The summed E-state index contributed by atoms with van der Waals surface area (Å²) in [5, 5.41) is 9.60. The third kappa shape index (κ3) is 8.47. The van der Waals surface area contributed by atoms with Crippen molar-refractivity contribution < 1.29 is 9.90 Å². The highest BCUT2D eigenvalue weighted by molar-refractivity contribution is 8.14. The van der Waals surface area contributed by atoms with E-state index in [1.807, 2.05) is 0 Å². The van der Waals surface area contributed by atoms with Gasteiger partial charge in [0.15, 0.2) is 0 Å². The summed E-state index contributed by atoms with van der Waals surface area (Å²) < 4.78 is 0. The Labute approximate surface area is 139 Å². The van der Waals surface area contributed by atoms with Gasteiger partial charge in [0.25, 0.3) is 0 Å². The van der Waals surface area contributed by atoms with Crippen LogP contribution in [0.15, 0.2) is 24.3 Å². The zero-order valence-electron chi connectivity index (χ0n) is 13.9. The van der Waals surface area contributed by atoms with E-state index < -0.39 is 0 Å². The van der Waals surface area contributed by atoms with E-state index in [0.29, 0.717) is 5.56 Å². The van der Waals surface area contributed by atoms with E-state index in [1.165, 1.54) is 69.5 Å². The normalized spacial score (nSPS) is 10.8. The summed E-state index contributed by atoms with van der Waals surface area (Å²) in [7, 11) is 0. The number of para-hydroxylation sites is 1. The second-order valence-corrected chi connectivity index (χ2v) is 6.90. The molecule has 0 aliphatic carbocycles. The van der Waals surface area contributed by atoms with Gasteiger partial charge in [0.1, 0.15) is 5.75 Å². The second-order valence-electron chi connectivity index (χ2n) is 5.84. The molecule has 0 heterocycles. The monoisotopic (exact) mass is 322 g/mol. The SMILES string of the molecule is CCCCCCCCCCCCSC(=O)c1ccccc1O. The summed E-state index contributed by atoms with van der Waals surface area (Å²) in [5.41, 5.74) is 0.430. The maximum atomic E-state index is 11.9. The van der Waals surface area contributed by atoms with Crippen molar-refractivity contribution in [3.05, 3.63) is 29.8 Å². The van der Waals surface area contributed by atoms with Gasteiger partial charge in [-0.25, -0.2) is 0 Å². The van der Waals surface area contributed by atoms with Crippen LogP contribution in [0, 0.1) is 0 Å². The third-order valence-electron chi connectivity index (χ3n) is 3.86. The van der Waals surface area contributed by atoms with Gasteiger partial charge in [-0.1, -0.05) is 88.6 Å². The van der Waals surface area contributed by atoms with Crippen LogP contribution in [0.2, 0.25) is 0 Å². The maximum Gasteiger partial charge on any atom is 0.223 e. The standard InChI is InChI=1S/C19H30O2S/c1-2-3-4-5-6-7-8-9-10-13-16-22-19(21)17-14-11-12-15-18(17)20/h11-12,14-15,20H,2-10,13,16H2,1H3. The van der Waals surface area contributed by atoms with Crippen LogP contribution >= 0.6 is 11.8 Å². The van der Waals surface area contributed by atoms with Crippen LogP contribution in [0.1, 0.15) is 81.5 Å². The molecule has 1 aromatic rings. The number of hydrogen-bond donors (Lipinski definition) is 1. The average molecular weight is 323 g/mol. The molecule has 1 aromatic carbocycles. The number of hydrogen-bond acceptors (Lipinski definition) is 3. The lowest BCUT2D eigenvalue weighted by Gasteiger charge is -2.04. The number of unbranched alkanes of at least 4 members (excludes halogenated alkanes) is 9. The van der Waals surface area contributed by atoms with E-state index in [1.54, 1.807) is 24.3 Å². The van der Waals surface area contributed by atoms with E-state index >= 15 is 0 Å². The largest absolute Gasteiger partial charge is 0.507 e. The van der Waals surface area contributed by atoms with Crippen molar-refractivity contribution >= 4 is 16.9 Å². The number of rotatable bonds is 12. The van der Waals surface area contributed by atoms with Crippen LogP contribution in [0.4, 0.5) is 0 Å². The van der Waals surface area contributed by atoms with Gasteiger partial charge in [0.2, 0.25) is 5.12 Å². The first-order valence-corrected chi connectivity index (χ1v) is 9.69. The van der Waals surface area contributed by atoms with Gasteiger partial charge in [-0.05, 0) is 18.6 Å². The number of phenolic OH excluding ortho intramolecular Hbond substituents is 1. The highest BCUT2D eigenvalue weighted by Crippen LogP contribution is 2.22. The summed E-state index contributed by atoms with van der Waals surface area (Å²) in [6.07, 6.45) is 13.1. The maximum absolute atomic E-state index is 11.9. The topological polar surface area (TPSA) is 37.3 Å². The zero-order chi connectivity index (χ0) is 16.0. The molecule has 0 spiro atoms. The molecule has 1 N–H and O–H groups in total. The average Bonchev–Trinajstić information content (AvgIpc) is 2.53. The van der Waals surface area contributed by atoms with Crippen LogP contribution in [0.5, 0.6) is 5.75 Å². The van der Waals surface area contributed by atoms with E-state index in [2.05, 4.69) is 6.92 Å². The molecule has 2 nitrogen and oxygen atoms in total. The number of carbonyl (C=O) groups is 1. The predicted molar refractivity (Wildman–Crippen MR) is 96.7 cm³/mol. The molecule has 0 aliphatic rings. The molecule has 22 heavy (non-hydrogen) atoms. The minimum atomic E-state index is -0.0194. The Kier molecular flexibility index (Phi) is 10.9. The Morgan fingerprint density at radius 3 is 2.05 bits per heavy atom. The van der Waals surface area contributed by atoms with E-state index in [-0.39, 0.29) is 10.9 Å². The Morgan fingerprint density at radius 1 is 0.909 bits per heavy atom. The van der Waals surface area contributed by atoms with Gasteiger partial charge >= 0.3 is 0 Å². The smallest absolute Gasteiger partial charge is 0.223 e. The van der Waals surface area contributed by atoms with Crippen molar-refractivity contribution in [3.63, 3.8) is 0 Å². The van der Waals surface area contributed by atoms with Crippen molar-refractivity contribution in [2.75, 3.05) is 5.75 Å². The molecular weight excluding hydrogens is 292 g/mol. The van der Waals surface area contributed by atoms with Crippen LogP contribution in [0.25, 0.3) is 0 Å². The fourth-order valence-corrected chi connectivity index (χ4v) is 3.34. The van der Waals surface area contributed by atoms with Crippen LogP contribution < -0.4 is 0 Å². The Balaban J connectivity index is 1.95. The fourth-order valence-electron chi connectivity index (χ4n) is 2.48. The van der Waals surface area contributed by atoms with Crippen LogP contribution in [0.3, 0.4) is 0 Å². The minimum absolute atomic E-state index is 0.0194. The van der Waals surface area contributed by atoms with Crippen molar-refractivity contribution in [1.29, 1.82) is 0 Å². The lowest BCUT2D eigenvalue weighted by Crippen LogP contribution is -1.95. The molecule has 0 amide bonds. The van der Waals surface area contributed by atoms with Crippen molar-refractivity contribution in [2.45, 2.75) is 71.1 Å². The van der Waals surface area contributed by atoms with E-state index in [0.717, 1.165) is 12.2 Å². The summed E-state index contributed by atoms with van der Waals surface area (Å²) in [5.74, 6) is 0.937. The molecule has 0 fully saturated rings. The van der Waals surface area contributed by atoms with Gasteiger partial charge < -0.3 is 5.11 Å². The first-order chi connectivity index (χ1) is 10.8. The summed E-state index contributed by atoms with van der Waals surface area (Å²) in [4.78, 5) is 11.9. The van der Waals surface area contributed by atoms with Crippen LogP contribution in [-0.4, -0.2) is 16.0 Å². The molecule has 0 saturated heterocycles. The highest BCUT2D eigenvalue weighted by atomic mass is 32.2. The summed E-state index contributed by atoms with van der Waals surface area (Å²) in [6, 6.07) is 6.77. The molecule has 3 heteroatoms. The molecule has 0 atom stereocenters. The van der Waals surface area contributed by atoms with Crippen LogP contribution in [-0.2, 0) is 0 Å². The quantitative estimate of drug-likeness (QED) is 0.466. The van der Waals surface area contributed by atoms with Gasteiger partial charge in [-0.3, -0.25) is 4.79 Å². The first-order valence-electron chi connectivity index (χ1n) is 8.70. The minimum Gasteiger partial charge on any atom is -0.507 e.